The van der Waals surface area contributed by atoms with Gasteiger partial charge in [-0.1, -0.05) is 13.0 Å². The summed E-state index contributed by atoms with van der Waals surface area (Å²) in [5.41, 5.74) is 0.00956. The molecule has 0 aromatic carbocycles. The fraction of sp³-hybridized carbons (Fsp3) is 0.583. The Kier molecular flexibility index (Phi) is 3.38. The third kappa shape index (κ3) is 2.97. The molecule has 2 heterocycles. The summed E-state index contributed by atoms with van der Waals surface area (Å²) in [5, 5.41) is 3.32. The molecule has 17 heavy (non-hydrogen) atoms. The molecular formula is C12H15F3N2. The van der Waals surface area contributed by atoms with Crippen LogP contribution in [0.15, 0.2) is 18.3 Å². The van der Waals surface area contributed by atoms with Crippen LogP contribution in [-0.4, -0.2) is 11.5 Å². The molecule has 1 aliphatic rings. The summed E-state index contributed by atoms with van der Waals surface area (Å²) >= 11 is 0. The Morgan fingerprint density at radius 2 is 2.06 bits per heavy atom. The SMILES string of the molecule is CC1CCC(c2ccc(C(F)(F)F)nc2)NC1. The highest BCUT2D eigenvalue weighted by atomic mass is 19.4. The molecule has 0 spiro atoms. The van der Waals surface area contributed by atoms with Crippen molar-refractivity contribution in [2.45, 2.75) is 32.0 Å². The summed E-state index contributed by atoms with van der Waals surface area (Å²) in [6.07, 6.45) is -0.976. The minimum Gasteiger partial charge on any atom is -0.310 e. The van der Waals surface area contributed by atoms with E-state index in [-0.39, 0.29) is 6.04 Å². The summed E-state index contributed by atoms with van der Waals surface area (Å²) in [7, 11) is 0. The highest BCUT2D eigenvalue weighted by molar-refractivity contribution is 5.19. The van der Waals surface area contributed by atoms with Gasteiger partial charge in [0.15, 0.2) is 0 Å². The quantitative estimate of drug-likeness (QED) is 0.820. The monoisotopic (exact) mass is 244 g/mol. The van der Waals surface area contributed by atoms with Gasteiger partial charge in [-0.2, -0.15) is 13.2 Å². The molecule has 0 bridgehead atoms. The van der Waals surface area contributed by atoms with Crippen molar-refractivity contribution in [3.63, 3.8) is 0 Å². The lowest BCUT2D eigenvalue weighted by molar-refractivity contribution is -0.141. The molecule has 2 rings (SSSR count). The van der Waals surface area contributed by atoms with Gasteiger partial charge in [-0.25, -0.2) is 0 Å². The van der Waals surface area contributed by atoms with E-state index < -0.39 is 11.9 Å². The van der Waals surface area contributed by atoms with E-state index in [9.17, 15) is 13.2 Å². The maximum absolute atomic E-state index is 12.3. The number of aromatic nitrogens is 1. The summed E-state index contributed by atoms with van der Waals surface area (Å²) < 4.78 is 37.0. The number of nitrogens with one attached hydrogen (secondary N) is 1. The zero-order valence-electron chi connectivity index (χ0n) is 9.59. The van der Waals surface area contributed by atoms with E-state index in [0.29, 0.717) is 5.92 Å². The zero-order chi connectivity index (χ0) is 12.5. The molecule has 1 aromatic heterocycles. The zero-order valence-corrected chi connectivity index (χ0v) is 9.59. The van der Waals surface area contributed by atoms with E-state index in [1.54, 1.807) is 0 Å². The molecule has 2 unspecified atom stereocenters. The fourth-order valence-corrected chi connectivity index (χ4v) is 2.06. The average molecular weight is 244 g/mol. The summed E-state index contributed by atoms with van der Waals surface area (Å²) in [4.78, 5) is 3.48. The first kappa shape index (κ1) is 12.4. The van der Waals surface area contributed by atoms with Crippen molar-refractivity contribution in [1.82, 2.24) is 10.3 Å². The van der Waals surface area contributed by atoms with Gasteiger partial charge in [0.1, 0.15) is 5.69 Å². The maximum Gasteiger partial charge on any atom is 0.433 e. The molecule has 1 aliphatic heterocycles. The molecule has 0 radical (unpaired) electrons. The van der Waals surface area contributed by atoms with Crippen LogP contribution < -0.4 is 5.32 Å². The van der Waals surface area contributed by atoms with Crippen LogP contribution in [0.1, 0.15) is 37.1 Å². The molecule has 1 aromatic rings. The van der Waals surface area contributed by atoms with Crippen molar-refractivity contribution >= 4 is 0 Å². The van der Waals surface area contributed by atoms with Crippen LogP contribution in [0.3, 0.4) is 0 Å². The normalized spacial score (nSPS) is 25.9. The summed E-state index contributed by atoms with van der Waals surface area (Å²) in [6.45, 7) is 3.07. The Bertz CT molecular complexity index is 364. The number of rotatable bonds is 1. The van der Waals surface area contributed by atoms with Crippen LogP contribution in [0.5, 0.6) is 0 Å². The van der Waals surface area contributed by atoms with Crippen molar-refractivity contribution in [3.8, 4) is 0 Å². The van der Waals surface area contributed by atoms with Crippen LogP contribution in [0.2, 0.25) is 0 Å². The van der Waals surface area contributed by atoms with Crippen molar-refractivity contribution in [2.24, 2.45) is 5.92 Å². The first-order valence-corrected chi connectivity index (χ1v) is 5.73. The van der Waals surface area contributed by atoms with Gasteiger partial charge in [-0.15, -0.1) is 0 Å². The predicted octanol–water partition coefficient (Wildman–Crippen LogP) is 3.16. The number of hydrogen-bond donors (Lipinski definition) is 1. The number of halogens is 3. The van der Waals surface area contributed by atoms with E-state index >= 15 is 0 Å². The maximum atomic E-state index is 12.3. The molecule has 0 saturated carbocycles. The minimum absolute atomic E-state index is 0.140. The van der Waals surface area contributed by atoms with Gasteiger partial charge in [0, 0.05) is 12.2 Å². The van der Waals surface area contributed by atoms with Crippen molar-refractivity contribution in [2.75, 3.05) is 6.54 Å². The van der Waals surface area contributed by atoms with Gasteiger partial charge in [-0.3, -0.25) is 4.98 Å². The van der Waals surface area contributed by atoms with Gasteiger partial charge in [-0.05, 0) is 36.9 Å². The number of pyridine rings is 1. The largest absolute Gasteiger partial charge is 0.433 e. The molecule has 94 valence electrons. The van der Waals surface area contributed by atoms with Crippen molar-refractivity contribution in [3.05, 3.63) is 29.6 Å². The molecule has 0 amide bonds. The van der Waals surface area contributed by atoms with Crippen LogP contribution in [0.4, 0.5) is 13.2 Å². The van der Waals surface area contributed by atoms with E-state index in [0.717, 1.165) is 31.0 Å². The Morgan fingerprint density at radius 1 is 1.29 bits per heavy atom. The highest BCUT2D eigenvalue weighted by Gasteiger charge is 2.32. The second-order valence-corrected chi connectivity index (χ2v) is 4.62. The smallest absolute Gasteiger partial charge is 0.310 e. The van der Waals surface area contributed by atoms with Crippen LogP contribution in [0.25, 0.3) is 0 Å². The lowest BCUT2D eigenvalue weighted by atomic mass is 9.93. The molecule has 2 atom stereocenters. The van der Waals surface area contributed by atoms with Crippen molar-refractivity contribution in [1.29, 1.82) is 0 Å². The van der Waals surface area contributed by atoms with Crippen LogP contribution in [-0.2, 0) is 6.18 Å². The predicted molar refractivity (Wildman–Crippen MR) is 58.4 cm³/mol. The first-order valence-electron chi connectivity index (χ1n) is 5.73. The summed E-state index contributed by atoms with van der Waals surface area (Å²) in [5.74, 6) is 0.633. The van der Waals surface area contributed by atoms with E-state index in [4.69, 9.17) is 0 Å². The van der Waals surface area contributed by atoms with Gasteiger partial charge < -0.3 is 5.32 Å². The van der Waals surface area contributed by atoms with E-state index in [2.05, 4.69) is 17.2 Å². The third-order valence-corrected chi connectivity index (χ3v) is 3.14. The lowest BCUT2D eigenvalue weighted by Gasteiger charge is -2.28. The Hall–Kier alpha value is -1.10. The second-order valence-electron chi connectivity index (χ2n) is 4.62. The summed E-state index contributed by atoms with van der Waals surface area (Å²) in [6, 6.07) is 2.71. The van der Waals surface area contributed by atoms with Crippen LogP contribution in [0, 0.1) is 5.92 Å². The number of hydrogen-bond acceptors (Lipinski definition) is 2. The molecule has 5 heteroatoms. The number of nitrogens with zero attached hydrogens (tertiary/aromatic N) is 1. The van der Waals surface area contributed by atoms with E-state index in [1.165, 1.54) is 12.3 Å². The third-order valence-electron chi connectivity index (χ3n) is 3.14. The number of alkyl halides is 3. The molecule has 0 aliphatic carbocycles. The fourth-order valence-electron chi connectivity index (χ4n) is 2.06. The molecule has 2 nitrogen and oxygen atoms in total. The van der Waals surface area contributed by atoms with Crippen LogP contribution >= 0.6 is 0 Å². The standard InChI is InChI=1S/C12H15F3N2/c1-8-2-4-10(16-6-8)9-3-5-11(17-7-9)12(13,14)15/h3,5,7-8,10,16H,2,4,6H2,1H3. The van der Waals surface area contributed by atoms with Gasteiger partial charge in [0.2, 0.25) is 0 Å². The average Bonchev–Trinajstić information content (AvgIpc) is 2.29. The lowest BCUT2D eigenvalue weighted by Crippen LogP contribution is -2.32. The Labute approximate surface area is 98.2 Å². The minimum atomic E-state index is -4.35. The number of piperidine rings is 1. The molecule has 1 fully saturated rings. The Morgan fingerprint density at radius 3 is 2.53 bits per heavy atom. The molecule has 1 N–H and O–H groups in total. The van der Waals surface area contributed by atoms with Gasteiger partial charge in [0.05, 0.1) is 0 Å². The second kappa shape index (κ2) is 4.64. The topological polar surface area (TPSA) is 24.9 Å². The molecule has 1 saturated heterocycles. The van der Waals surface area contributed by atoms with Gasteiger partial charge >= 0.3 is 6.18 Å². The van der Waals surface area contributed by atoms with Gasteiger partial charge in [0.25, 0.3) is 0 Å². The van der Waals surface area contributed by atoms with Crippen molar-refractivity contribution < 1.29 is 13.2 Å². The molecular weight excluding hydrogens is 229 g/mol. The Balaban J connectivity index is 2.08. The first-order chi connectivity index (χ1) is 7.97. The highest BCUT2D eigenvalue weighted by Crippen LogP contribution is 2.29. The van der Waals surface area contributed by atoms with E-state index in [1.807, 2.05) is 0 Å².